The summed E-state index contributed by atoms with van der Waals surface area (Å²) in [6.07, 6.45) is -3.08. The second-order valence-electron chi connectivity index (χ2n) is 7.20. The van der Waals surface area contributed by atoms with Crippen molar-refractivity contribution in [1.29, 1.82) is 0 Å². The molecule has 4 heterocycles. The summed E-state index contributed by atoms with van der Waals surface area (Å²) in [5.74, 6) is -1.12. The third kappa shape index (κ3) is 4.76. The number of hydrogen-bond donors (Lipinski definition) is 2. The highest BCUT2D eigenvalue weighted by Crippen LogP contribution is 2.35. The predicted molar refractivity (Wildman–Crippen MR) is 107 cm³/mol. The van der Waals surface area contributed by atoms with Gasteiger partial charge in [-0.1, -0.05) is 0 Å². The normalized spacial score (nSPS) is 15.8. The van der Waals surface area contributed by atoms with Crippen molar-refractivity contribution in [3.05, 3.63) is 24.1 Å². The first-order valence-electron chi connectivity index (χ1n) is 9.59. The first-order valence-corrected chi connectivity index (χ1v) is 9.59. The van der Waals surface area contributed by atoms with E-state index in [1.807, 2.05) is 0 Å². The second kappa shape index (κ2) is 8.73. The minimum atomic E-state index is -4.74. The van der Waals surface area contributed by atoms with Crippen LogP contribution in [-0.4, -0.2) is 78.5 Å². The lowest BCUT2D eigenvalue weighted by molar-refractivity contribution is -0.144. The average Bonchev–Trinajstić information content (AvgIpc) is 3.44. The van der Waals surface area contributed by atoms with Crippen molar-refractivity contribution >= 4 is 18.9 Å². The smallest absolute Gasteiger partial charge is 0.453 e. The van der Waals surface area contributed by atoms with Crippen LogP contribution in [0.1, 0.15) is 12.7 Å². The molecule has 1 fully saturated rings. The number of aromatic nitrogens is 7. The van der Waals surface area contributed by atoms with E-state index in [0.29, 0.717) is 24.5 Å². The molecular weight excluding hydrogens is 453 g/mol. The second-order valence-corrected chi connectivity index (χ2v) is 7.20. The van der Waals surface area contributed by atoms with Crippen LogP contribution >= 0.6 is 0 Å². The number of nitrogens with zero attached hydrogens (tertiary/aromatic N) is 7. The molecule has 3 aromatic rings. The zero-order valence-corrected chi connectivity index (χ0v) is 17.1. The van der Waals surface area contributed by atoms with E-state index < -0.39 is 18.4 Å². The maximum Gasteiger partial charge on any atom is 0.453 e. The van der Waals surface area contributed by atoms with Crippen molar-refractivity contribution < 1.29 is 26.7 Å². The van der Waals surface area contributed by atoms with E-state index in [-0.39, 0.29) is 35.8 Å². The zero-order valence-electron chi connectivity index (χ0n) is 17.1. The van der Waals surface area contributed by atoms with Crippen molar-refractivity contribution in [2.24, 2.45) is 4.99 Å². The fourth-order valence-corrected chi connectivity index (χ4v) is 3.37. The molecule has 0 radical (unpaired) electrons. The van der Waals surface area contributed by atoms with Crippen LogP contribution in [0.4, 0.5) is 27.9 Å². The number of rotatable bonds is 8. The van der Waals surface area contributed by atoms with Crippen LogP contribution in [0.2, 0.25) is 0 Å². The van der Waals surface area contributed by atoms with Gasteiger partial charge in [-0.25, -0.2) is 28.7 Å². The van der Waals surface area contributed by atoms with Gasteiger partial charge in [0.2, 0.25) is 5.95 Å². The summed E-state index contributed by atoms with van der Waals surface area (Å²) in [5.41, 5.74) is 0.726. The monoisotopic (exact) mass is 471 g/mol. The summed E-state index contributed by atoms with van der Waals surface area (Å²) in [4.78, 5) is 20.0. The molecule has 0 aromatic carbocycles. The summed E-state index contributed by atoms with van der Waals surface area (Å²) in [6.45, 7) is 5.49. The predicted octanol–water partition coefficient (Wildman–Crippen LogP) is 3.19. The van der Waals surface area contributed by atoms with Crippen LogP contribution in [0.5, 0.6) is 0 Å². The highest BCUT2D eigenvalue weighted by Gasteiger charge is 2.37. The van der Waals surface area contributed by atoms with Gasteiger partial charge in [0.1, 0.15) is 23.3 Å². The van der Waals surface area contributed by atoms with Gasteiger partial charge in [-0.3, -0.25) is 14.6 Å². The van der Waals surface area contributed by atoms with Gasteiger partial charge in [0.15, 0.2) is 5.82 Å². The number of halogens is 5. The van der Waals surface area contributed by atoms with E-state index in [1.165, 1.54) is 23.3 Å². The summed E-state index contributed by atoms with van der Waals surface area (Å²) in [7, 11) is 0. The molecule has 0 saturated carbocycles. The Bertz CT molecular complexity index is 1140. The van der Waals surface area contributed by atoms with Crippen molar-refractivity contribution in [2.45, 2.75) is 25.6 Å². The van der Waals surface area contributed by atoms with Crippen LogP contribution in [0.3, 0.4) is 0 Å². The summed E-state index contributed by atoms with van der Waals surface area (Å²) in [5, 5.41) is 5.46. The van der Waals surface area contributed by atoms with Crippen molar-refractivity contribution in [3.8, 4) is 22.9 Å². The van der Waals surface area contributed by atoms with Gasteiger partial charge in [-0.05, 0) is 13.6 Å². The van der Waals surface area contributed by atoms with E-state index in [2.05, 4.69) is 41.8 Å². The number of ether oxygens (including phenoxy) is 1. The minimum Gasteiger partial charge on any atom is -0.491 e. The average molecular weight is 471 g/mol. The molecule has 0 aliphatic carbocycles. The Kier molecular flexibility index (Phi) is 5.97. The molecule has 15 heteroatoms. The molecule has 0 amide bonds. The van der Waals surface area contributed by atoms with Crippen molar-refractivity contribution in [3.63, 3.8) is 0 Å². The Labute approximate surface area is 183 Å². The van der Waals surface area contributed by atoms with Gasteiger partial charge in [-0.2, -0.15) is 13.2 Å². The van der Waals surface area contributed by atoms with Gasteiger partial charge in [0, 0.05) is 13.1 Å². The molecular formula is C18H18F5N9O. The Morgan fingerprint density at radius 2 is 2.12 bits per heavy atom. The van der Waals surface area contributed by atoms with E-state index in [1.54, 1.807) is 11.8 Å². The number of hydrogen-bond acceptors (Lipinski definition) is 7. The highest BCUT2D eigenvalue weighted by atomic mass is 19.4. The third-order valence-electron chi connectivity index (χ3n) is 4.73. The first kappa shape index (κ1) is 22.6. The number of allylic oxidation sites excluding steroid dienone is 1. The number of aliphatic imine (C=N–C) groups is 1. The van der Waals surface area contributed by atoms with Gasteiger partial charge in [0.25, 0.3) is 12.2 Å². The molecule has 176 valence electrons. The van der Waals surface area contributed by atoms with Crippen molar-refractivity contribution in [1.82, 2.24) is 39.6 Å². The lowest BCUT2D eigenvalue weighted by atomic mass is 10.1. The minimum absolute atomic E-state index is 0.0282. The molecule has 0 spiro atoms. The van der Waals surface area contributed by atoms with Crippen LogP contribution in [0.15, 0.2) is 23.3 Å². The lowest BCUT2D eigenvalue weighted by Crippen LogP contribution is -2.53. The van der Waals surface area contributed by atoms with Gasteiger partial charge in [-0.15, -0.1) is 5.10 Å². The molecule has 1 aliphatic rings. The fourth-order valence-electron chi connectivity index (χ4n) is 3.37. The number of aromatic amines is 2. The Balaban J connectivity index is 1.67. The van der Waals surface area contributed by atoms with Crippen LogP contribution in [0.25, 0.3) is 29.1 Å². The molecule has 2 N–H and O–H groups in total. The maximum absolute atomic E-state index is 13.0. The molecule has 0 atom stereocenters. The number of alkyl halides is 5. The van der Waals surface area contributed by atoms with Crippen molar-refractivity contribution in [2.75, 3.05) is 19.6 Å². The van der Waals surface area contributed by atoms with Crippen LogP contribution in [0, 0.1) is 0 Å². The first-order chi connectivity index (χ1) is 15.7. The Morgan fingerprint density at radius 1 is 1.36 bits per heavy atom. The molecule has 3 aromatic heterocycles. The van der Waals surface area contributed by atoms with Gasteiger partial charge >= 0.3 is 6.18 Å². The molecule has 0 unspecified atom stereocenters. The van der Waals surface area contributed by atoms with Gasteiger partial charge in [0.05, 0.1) is 31.0 Å². The molecule has 33 heavy (non-hydrogen) atoms. The quantitative estimate of drug-likeness (QED) is 0.296. The van der Waals surface area contributed by atoms with E-state index in [4.69, 9.17) is 4.74 Å². The van der Waals surface area contributed by atoms with Crippen LogP contribution in [-0.2, 0) is 10.9 Å². The third-order valence-corrected chi connectivity index (χ3v) is 4.73. The fraction of sp³-hybridized carbons (Fsp3) is 0.389. The van der Waals surface area contributed by atoms with E-state index in [9.17, 15) is 22.0 Å². The van der Waals surface area contributed by atoms with Crippen LogP contribution < -0.4 is 0 Å². The molecule has 1 aliphatic heterocycles. The maximum atomic E-state index is 13.0. The largest absolute Gasteiger partial charge is 0.491 e. The number of imidazole rings is 2. The van der Waals surface area contributed by atoms with Gasteiger partial charge < -0.3 is 9.72 Å². The number of nitrogens with one attached hydrogen (secondary N) is 2. The molecule has 4 rings (SSSR count). The number of H-pyrrole nitrogens is 2. The zero-order chi connectivity index (χ0) is 23.8. The van der Waals surface area contributed by atoms with E-state index >= 15 is 0 Å². The standard InChI is InChI=1S/C18H18F5N9O/c1-9(33-10-5-31(6-10)7-12(19)20)4-32-14(11-3-25-8-26-11)13(27-17(32)24-2)15-28-16(30-29-15)18(21,22)23/h3-4,8,10,12H,2,5-7H2,1H3,(H,25,26)(H,28,29,30)/b9-4+. The molecule has 1 saturated heterocycles. The Hall–Kier alpha value is -3.62. The summed E-state index contributed by atoms with van der Waals surface area (Å²) < 4.78 is 71.1. The molecule has 0 bridgehead atoms. The topological polar surface area (TPSA) is 113 Å². The number of likely N-dealkylation sites (tertiary alicyclic amines) is 1. The Morgan fingerprint density at radius 3 is 2.70 bits per heavy atom. The highest BCUT2D eigenvalue weighted by molar-refractivity contribution is 5.77. The SMILES string of the molecule is C=Nc1nc(-c2nc(C(F)(F)F)n[nH]2)c(-c2cnc[nH]2)n1/C=C(\C)OC1CN(CC(F)F)C1. The molecule has 10 nitrogen and oxygen atoms in total. The lowest BCUT2D eigenvalue weighted by Gasteiger charge is -2.38. The summed E-state index contributed by atoms with van der Waals surface area (Å²) in [6, 6.07) is 0. The van der Waals surface area contributed by atoms with E-state index in [0.717, 1.165) is 0 Å². The summed E-state index contributed by atoms with van der Waals surface area (Å²) >= 11 is 0.